The molecule has 0 atom stereocenters. The van der Waals surface area contributed by atoms with Gasteiger partial charge >= 0.3 is 0 Å². The Bertz CT molecular complexity index is 337. The van der Waals surface area contributed by atoms with Crippen LogP contribution in [0.2, 0.25) is 0 Å². The van der Waals surface area contributed by atoms with E-state index >= 15 is 0 Å². The Balaban J connectivity index is 3.32. The van der Waals surface area contributed by atoms with Gasteiger partial charge in [-0.3, -0.25) is 14.9 Å². The molecule has 0 amide bonds. The fourth-order valence-electron chi connectivity index (χ4n) is 0.769. The highest BCUT2D eigenvalue weighted by Crippen LogP contribution is 2.26. The quantitative estimate of drug-likeness (QED) is 0.444. The van der Waals surface area contributed by atoms with E-state index in [0.29, 0.717) is 6.29 Å². The van der Waals surface area contributed by atoms with Gasteiger partial charge in [-0.15, -0.1) is 0 Å². The molecule has 0 aliphatic rings. The fourth-order valence-corrected chi connectivity index (χ4v) is 1.27. The molecule has 0 radical (unpaired) electrons. The number of nitro benzene ring substituents is 1. The molecular weight excluding hydrogens is 226 g/mol. The number of nitrogens with zero attached hydrogens (tertiary/aromatic N) is 1. The lowest BCUT2D eigenvalue weighted by atomic mass is 10.2. The number of hydrogen-bond acceptors (Lipinski definition) is 3. The summed E-state index contributed by atoms with van der Waals surface area (Å²) in [5.41, 5.74) is 0.184. The molecule has 0 saturated carbocycles. The standard InChI is InChI=1S/C7H4BrNO3/c8-7-5(4-10)2-1-3-6(7)9(11)12/h1-4H. The summed E-state index contributed by atoms with van der Waals surface area (Å²) >= 11 is 2.97. The molecule has 1 aromatic carbocycles. The van der Waals surface area contributed by atoms with E-state index in [-0.39, 0.29) is 15.7 Å². The van der Waals surface area contributed by atoms with E-state index in [1.807, 2.05) is 0 Å². The number of aldehydes is 1. The van der Waals surface area contributed by atoms with E-state index in [4.69, 9.17) is 0 Å². The zero-order valence-corrected chi connectivity index (χ0v) is 7.45. The zero-order valence-electron chi connectivity index (χ0n) is 5.86. The van der Waals surface area contributed by atoms with Crippen molar-refractivity contribution in [1.82, 2.24) is 0 Å². The van der Waals surface area contributed by atoms with Crippen LogP contribution in [0.25, 0.3) is 0 Å². The second kappa shape index (κ2) is 3.44. The smallest absolute Gasteiger partial charge is 0.284 e. The van der Waals surface area contributed by atoms with Crippen LogP contribution in [0.4, 0.5) is 5.69 Å². The Hall–Kier alpha value is -1.23. The van der Waals surface area contributed by atoms with Crippen molar-refractivity contribution in [3.05, 3.63) is 38.3 Å². The molecule has 4 nitrogen and oxygen atoms in total. The SMILES string of the molecule is O=Cc1cccc([N+](=O)[O-])c1Br. The summed E-state index contributed by atoms with van der Waals surface area (Å²) in [7, 11) is 0. The van der Waals surface area contributed by atoms with Crippen molar-refractivity contribution >= 4 is 27.9 Å². The van der Waals surface area contributed by atoms with Gasteiger partial charge < -0.3 is 0 Å². The Labute approximate surface area is 76.5 Å². The maximum absolute atomic E-state index is 10.3. The number of halogens is 1. The molecule has 0 fully saturated rings. The normalized spacial score (nSPS) is 9.42. The highest BCUT2D eigenvalue weighted by molar-refractivity contribution is 9.10. The van der Waals surface area contributed by atoms with Crippen molar-refractivity contribution in [3.63, 3.8) is 0 Å². The highest BCUT2D eigenvalue weighted by Gasteiger charge is 2.13. The molecule has 0 aromatic heterocycles. The molecule has 0 saturated heterocycles. The molecule has 5 heteroatoms. The molecule has 1 aromatic rings. The third-order valence-corrected chi connectivity index (χ3v) is 2.20. The molecule has 1 rings (SSSR count). The molecular formula is C7H4BrNO3. The first-order valence-corrected chi connectivity index (χ1v) is 3.84. The van der Waals surface area contributed by atoms with E-state index in [9.17, 15) is 14.9 Å². The van der Waals surface area contributed by atoms with Crippen molar-refractivity contribution in [3.8, 4) is 0 Å². The molecule has 12 heavy (non-hydrogen) atoms. The molecule has 0 N–H and O–H groups in total. The van der Waals surface area contributed by atoms with Gasteiger partial charge in [-0.05, 0) is 15.9 Å². The van der Waals surface area contributed by atoms with Crippen molar-refractivity contribution in [2.45, 2.75) is 0 Å². The van der Waals surface area contributed by atoms with Gasteiger partial charge in [-0.2, -0.15) is 0 Å². The van der Waals surface area contributed by atoms with Gasteiger partial charge in [-0.1, -0.05) is 12.1 Å². The third kappa shape index (κ3) is 1.50. The van der Waals surface area contributed by atoms with E-state index in [1.165, 1.54) is 18.2 Å². The van der Waals surface area contributed by atoms with Crippen LogP contribution in [0.3, 0.4) is 0 Å². The predicted octanol–water partition coefficient (Wildman–Crippen LogP) is 2.17. The summed E-state index contributed by atoms with van der Waals surface area (Å²) in [6.07, 6.45) is 0.567. The first kappa shape index (κ1) is 8.86. The lowest BCUT2D eigenvalue weighted by Crippen LogP contribution is -1.92. The van der Waals surface area contributed by atoms with Gasteiger partial charge in [0, 0.05) is 11.6 Å². The number of hydrogen-bond donors (Lipinski definition) is 0. The summed E-state index contributed by atoms with van der Waals surface area (Å²) in [6.45, 7) is 0. The van der Waals surface area contributed by atoms with Gasteiger partial charge in [0.1, 0.15) is 4.47 Å². The number of carbonyl (C=O) groups is 1. The number of carbonyl (C=O) groups excluding carboxylic acids is 1. The van der Waals surface area contributed by atoms with Crippen LogP contribution in [0.15, 0.2) is 22.7 Å². The molecule has 62 valence electrons. The summed E-state index contributed by atoms with van der Waals surface area (Å²) in [5, 5.41) is 10.3. The van der Waals surface area contributed by atoms with Gasteiger partial charge in [0.2, 0.25) is 0 Å². The summed E-state index contributed by atoms with van der Waals surface area (Å²) < 4.78 is 0.227. The third-order valence-electron chi connectivity index (χ3n) is 1.33. The summed E-state index contributed by atoms with van der Waals surface area (Å²) in [4.78, 5) is 20.2. The zero-order chi connectivity index (χ0) is 9.14. The topological polar surface area (TPSA) is 60.2 Å². The van der Waals surface area contributed by atoms with Crippen LogP contribution in [0, 0.1) is 10.1 Å². The minimum atomic E-state index is -0.545. The molecule has 0 aliphatic heterocycles. The monoisotopic (exact) mass is 229 g/mol. The Morgan fingerprint density at radius 3 is 2.67 bits per heavy atom. The van der Waals surface area contributed by atoms with Crippen LogP contribution in [-0.2, 0) is 0 Å². The summed E-state index contributed by atoms with van der Waals surface area (Å²) in [5.74, 6) is 0. The number of benzene rings is 1. The molecule has 0 spiro atoms. The van der Waals surface area contributed by atoms with Gasteiger partial charge in [0.05, 0.1) is 4.92 Å². The molecule has 0 heterocycles. The Morgan fingerprint density at radius 2 is 2.17 bits per heavy atom. The van der Waals surface area contributed by atoms with Crippen LogP contribution >= 0.6 is 15.9 Å². The second-order valence-corrected chi connectivity index (χ2v) is 2.85. The van der Waals surface area contributed by atoms with Gasteiger partial charge in [0.25, 0.3) is 5.69 Å². The predicted molar refractivity (Wildman–Crippen MR) is 46.2 cm³/mol. The van der Waals surface area contributed by atoms with Gasteiger partial charge in [-0.25, -0.2) is 0 Å². The lowest BCUT2D eigenvalue weighted by Gasteiger charge is -1.96. The molecule has 0 unspecified atom stereocenters. The maximum Gasteiger partial charge on any atom is 0.284 e. The maximum atomic E-state index is 10.3. The highest BCUT2D eigenvalue weighted by atomic mass is 79.9. The van der Waals surface area contributed by atoms with Crippen LogP contribution in [-0.4, -0.2) is 11.2 Å². The van der Waals surface area contributed by atoms with E-state index in [0.717, 1.165) is 0 Å². The van der Waals surface area contributed by atoms with E-state index < -0.39 is 4.92 Å². The number of rotatable bonds is 2. The van der Waals surface area contributed by atoms with Crippen LogP contribution in [0.5, 0.6) is 0 Å². The van der Waals surface area contributed by atoms with E-state index in [1.54, 1.807) is 0 Å². The van der Waals surface area contributed by atoms with Crippen LogP contribution in [0.1, 0.15) is 10.4 Å². The van der Waals surface area contributed by atoms with Crippen molar-refractivity contribution in [2.24, 2.45) is 0 Å². The molecule has 0 aliphatic carbocycles. The van der Waals surface area contributed by atoms with Crippen LogP contribution < -0.4 is 0 Å². The van der Waals surface area contributed by atoms with Crippen molar-refractivity contribution in [1.29, 1.82) is 0 Å². The second-order valence-electron chi connectivity index (χ2n) is 2.06. The molecule has 0 bridgehead atoms. The average molecular weight is 230 g/mol. The minimum Gasteiger partial charge on any atom is -0.298 e. The van der Waals surface area contributed by atoms with Gasteiger partial charge in [0.15, 0.2) is 6.29 Å². The minimum absolute atomic E-state index is 0.0976. The van der Waals surface area contributed by atoms with Crippen molar-refractivity contribution in [2.75, 3.05) is 0 Å². The largest absolute Gasteiger partial charge is 0.298 e. The lowest BCUT2D eigenvalue weighted by molar-refractivity contribution is -0.385. The summed E-state index contributed by atoms with van der Waals surface area (Å²) in [6, 6.07) is 4.30. The van der Waals surface area contributed by atoms with Crippen molar-refractivity contribution < 1.29 is 9.72 Å². The van der Waals surface area contributed by atoms with E-state index in [2.05, 4.69) is 15.9 Å². The average Bonchev–Trinajstić information content (AvgIpc) is 2.04. The first-order valence-electron chi connectivity index (χ1n) is 3.05. The Morgan fingerprint density at radius 1 is 1.50 bits per heavy atom. The number of nitro groups is 1. The fraction of sp³-hybridized carbons (Fsp3) is 0. The Kier molecular flexibility index (Phi) is 2.54. The first-order chi connectivity index (χ1) is 5.66.